The molecule has 6 atom stereocenters. The van der Waals surface area contributed by atoms with E-state index in [0.717, 1.165) is 15.9 Å². The van der Waals surface area contributed by atoms with Crippen LogP contribution in [0, 0.1) is 5.92 Å². The Labute approximate surface area is 182 Å². The van der Waals surface area contributed by atoms with Crippen molar-refractivity contribution >= 4 is 39.4 Å². The number of fused-ring (bicyclic) bond motifs is 1. The fourth-order valence-electron chi connectivity index (χ4n) is 3.28. The number of anilines is 2. The van der Waals surface area contributed by atoms with Crippen LogP contribution in [0.25, 0.3) is 10.3 Å². The molecule has 1 fully saturated rings. The molecular formula is C18H28N6O6S. The van der Waals surface area contributed by atoms with Gasteiger partial charge in [0.15, 0.2) is 17.7 Å². The molecule has 1 saturated heterocycles. The van der Waals surface area contributed by atoms with Gasteiger partial charge in [0.1, 0.15) is 35.7 Å². The SMILES string of the molecule is CCC(C)[C@H](N)C(=O)OC[C@H]1O[C@@H](n2c(=O)sc3c(N(C)C)nc(N)nc32)[C@H](O)[C@@H]1O. The van der Waals surface area contributed by atoms with Crippen molar-refractivity contribution in [1.82, 2.24) is 14.5 Å². The lowest BCUT2D eigenvalue weighted by atomic mass is 10.0. The second-order valence-electron chi connectivity index (χ2n) is 7.78. The van der Waals surface area contributed by atoms with E-state index in [1.165, 1.54) is 0 Å². The molecule has 0 spiro atoms. The van der Waals surface area contributed by atoms with Crippen LogP contribution < -0.4 is 21.2 Å². The number of hydrogen-bond acceptors (Lipinski definition) is 12. The third-order valence-corrected chi connectivity index (χ3v) is 6.34. The summed E-state index contributed by atoms with van der Waals surface area (Å²) in [6.07, 6.45) is -4.45. The summed E-state index contributed by atoms with van der Waals surface area (Å²) < 4.78 is 12.5. The molecule has 12 nitrogen and oxygen atoms in total. The Kier molecular flexibility index (Phi) is 6.81. The molecule has 1 unspecified atom stereocenters. The van der Waals surface area contributed by atoms with E-state index in [-0.39, 0.29) is 24.1 Å². The van der Waals surface area contributed by atoms with Crippen molar-refractivity contribution in [1.29, 1.82) is 0 Å². The standard InChI is InChI=1S/C18H28N6O6S/c1-5-7(2)9(19)16(27)29-6-8-10(25)11(26)15(30-8)24-14-12(31-18(24)28)13(23(3)4)21-17(20)22-14/h7-11,15,25-26H,5-6,19H2,1-4H3,(H2,20,21,22)/t7?,8-,9+,10-,11-,15-/m1/s1. The van der Waals surface area contributed by atoms with Crippen LogP contribution >= 0.6 is 11.3 Å². The molecule has 13 heteroatoms. The number of nitrogen functional groups attached to an aromatic ring is 1. The van der Waals surface area contributed by atoms with E-state index in [2.05, 4.69) is 9.97 Å². The van der Waals surface area contributed by atoms with Crippen LogP contribution in [0.5, 0.6) is 0 Å². The second kappa shape index (κ2) is 9.04. The van der Waals surface area contributed by atoms with Crippen LogP contribution in [0.1, 0.15) is 26.5 Å². The normalized spacial score (nSPS) is 25.5. The number of aromatic nitrogens is 3. The first-order chi connectivity index (χ1) is 14.6. The zero-order valence-electron chi connectivity index (χ0n) is 17.8. The summed E-state index contributed by atoms with van der Waals surface area (Å²) in [5.41, 5.74) is 11.8. The van der Waals surface area contributed by atoms with Crippen molar-refractivity contribution in [3.05, 3.63) is 9.67 Å². The molecule has 1 aliphatic rings. The molecule has 0 saturated carbocycles. The highest BCUT2D eigenvalue weighted by Crippen LogP contribution is 2.34. The highest BCUT2D eigenvalue weighted by molar-refractivity contribution is 7.17. The fraction of sp³-hybridized carbons (Fsp3) is 0.667. The number of hydrogen-bond donors (Lipinski definition) is 4. The molecule has 0 aromatic carbocycles. The summed E-state index contributed by atoms with van der Waals surface area (Å²) in [7, 11) is 3.49. The van der Waals surface area contributed by atoms with Crippen LogP contribution in [-0.4, -0.2) is 75.8 Å². The Morgan fingerprint density at radius 1 is 1.35 bits per heavy atom. The van der Waals surface area contributed by atoms with Crippen LogP contribution in [0.4, 0.5) is 11.8 Å². The Balaban J connectivity index is 1.85. The Morgan fingerprint density at radius 2 is 2.03 bits per heavy atom. The molecule has 31 heavy (non-hydrogen) atoms. The summed E-state index contributed by atoms with van der Waals surface area (Å²) in [5, 5.41) is 21.0. The molecule has 0 aliphatic carbocycles. The largest absolute Gasteiger partial charge is 0.462 e. The zero-order chi connectivity index (χ0) is 23.0. The molecule has 3 heterocycles. The lowest BCUT2D eigenvalue weighted by Gasteiger charge is -2.19. The molecule has 0 bridgehead atoms. The van der Waals surface area contributed by atoms with E-state index in [1.807, 2.05) is 13.8 Å². The maximum absolute atomic E-state index is 12.7. The second-order valence-corrected chi connectivity index (χ2v) is 8.74. The van der Waals surface area contributed by atoms with Gasteiger partial charge < -0.3 is 36.1 Å². The van der Waals surface area contributed by atoms with Gasteiger partial charge in [0.05, 0.1) is 0 Å². The molecular weight excluding hydrogens is 428 g/mol. The van der Waals surface area contributed by atoms with E-state index < -0.39 is 41.4 Å². The van der Waals surface area contributed by atoms with Crippen LogP contribution in [0.3, 0.4) is 0 Å². The molecule has 6 N–H and O–H groups in total. The lowest BCUT2D eigenvalue weighted by Crippen LogP contribution is -2.40. The first-order valence-corrected chi connectivity index (χ1v) is 10.7. The predicted molar refractivity (Wildman–Crippen MR) is 115 cm³/mol. The van der Waals surface area contributed by atoms with Gasteiger partial charge >= 0.3 is 10.8 Å². The molecule has 2 aromatic heterocycles. The number of nitrogens with two attached hydrogens (primary N) is 2. The van der Waals surface area contributed by atoms with Gasteiger partial charge in [-0.15, -0.1) is 0 Å². The Bertz CT molecular complexity index is 1010. The first kappa shape index (κ1) is 23.3. The number of nitrogens with zero attached hydrogens (tertiary/aromatic N) is 4. The number of thiazole rings is 1. The number of carbonyl (C=O) groups excluding carboxylic acids is 1. The van der Waals surface area contributed by atoms with Gasteiger partial charge in [-0.2, -0.15) is 9.97 Å². The van der Waals surface area contributed by atoms with Crippen LogP contribution in [0.2, 0.25) is 0 Å². The highest BCUT2D eigenvalue weighted by atomic mass is 32.1. The summed E-state index contributed by atoms with van der Waals surface area (Å²) in [6.45, 7) is 3.41. The topological polar surface area (TPSA) is 179 Å². The van der Waals surface area contributed by atoms with E-state index in [9.17, 15) is 19.8 Å². The third kappa shape index (κ3) is 4.36. The predicted octanol–water partition coefficient (Wildman–Crippen LogP) is -0.963. The molecule has 2 aromatic rings. The van der Waals surface area contributed by atoms with Crippen molar-refractivity contribution in [3.63, 3.8) is 0 Å². The Hall–Kier alpha value is -2.32. The minimum absolute atomic E-state index is 0.0553. The number of rotatable bonds is 7. The van der Waals surface area contributed by atoms with Crippen molar-refractivity contribution in [3.8, 4) is 0 Å². The van der Waals surface area contributed by atoms with E-state index in [0.29, 0.717) is 16.9 Å². The van der Waals surface area contributed by atoms with Crippen LogP contribution in [0.15, 0.2) is 4.79 Å². The summed E-state index contributed by atoms with van der Waals surface area (Å²) in [5.74, 6) is -0.314. The van der Waals surface area contributed by atoms with Crippen molar-refractivity contribution in [2.24, 2.45) is 11.7 Å². The smallest absolute Gasteiger partial charge is 0.323 e. The monoisotopic (exact) mass is 456 g/mol. The van der Waals surface area contributed by atoms with Gasteiger partial charge in [-0.1, -0.05) is 31.6 Å². The molecule has 3 rings (SSSR count). The molecule has 1 aliphatic heterocycles. The van der Waals surface area contributed by atoms with Gasteiger partial charge in [-0.05, 0) is 5.92 Å². The van der Waals surface area contributed by atoms with Crippen molar-refractivity contribution in [2.75, 3.05) is 31.3 Å². The van der Waals surface area contributed by atoms with Gasteiger partial charge in [0.25, 0.3) is 0 Å². The molecule has 0 amide bonds. The van der Waals surface area contributed by atoms with Gasteiger partial charge in [0.2, 0.25) is 5.95 Å². The quantitative estimate of drug-likeness (QED) is 0.377. The van der Waals surface area contributed by atoms with Crippen LogP contribution in [-0.2, 0) is 14.3 Å². The maximum Gasteiger partial charge on any atom is 0.323 e. The van der Waals surface area contributed by atoms with Crippen molar-refractivity contribution in [2.45, 2.75) is 50.8 Å². The maximum atomic E-state index is 12.7. The number of esters is 1. The minimum Gasteiger partial charge on any atom is -0.462 e. The minimum atomic E-state index is -1.46. The number of carbonyl (C=O) groups is 1. The van der Waals surface area contributed by atoms with E-state index in [1.54, 1.807) is 19.0 Å². The zero-order valence-corrected chi connectivity index (χ0v) is 18.6. The highest BCUT2D eigenvalue weighted by Gasteiger charge is 2.46. The average molecular weight is 457 g/mol. The summed E-state index contributed by atoms with van der Waals surface area (Å²) >= 11 is 0.872. The van der Waals surface area contributed by atoms with Gasteiger partial charge in [-0.3, -0.25) is 14.2 Å². The van der Waals surface area contributed by atoms with Crippen molar-refractivity contribution < 1.29 is 24.5 Å². The third-order valence-electron chi connectivity index (χ3n) is 5.40. The summed E-state index contributed by atoms with van der Waals surface area (Å²) in [6, 6.07) is -0.808. The van der Waals surface area contributed by atoms with E-state index in [4.69, 9.17) is 20.9 Å². The van der Waals surface area contributed by atoms with E-state index >= 15 is 0 Å². The number of ether oxygens (including phenoxy) is 2. The van der Waals surface area contributed by atoms with Gasteiger partial charge in [0, 0.05) is 14.1 Å². The first-order valence-electron chi connectivity index (χ1n) is 9.86. The number of aliphatic hydroxyl groups excluding tert-OH is 2. The number of aliphatic hydroxyl groups is 2. The fourth-order valence-corrected chi connectivity index (χ4v) is 4.29. The average Bonchev–Trinajstić information content (AvgIpc) is 3.19. The Morgan fingerprint density at radius 3 is 2.65 bits per heavy atom. The summed E-state index contributed by atoms with van der Waals surface area (Å²) in [4.78, 5) is 34.3. The lowest BCUT2D eigenvalue weighted by molar-refractivity contribution is -0.152. The van der Waals surface area contributed by atoms with Gasteiger partial charge in [-0.25, -0.2) is 0 Å². The molecule has 172 valence electrons. The molecule has 0 radical (unpaired) electrons.